The minimum atomic E-state index is 0.439. The molecule has 1 aliphatic carbocycles. The van der Waals surface area contributed by atoms with Gasteiger partial charge in [0.2, 0.25) is 0 Å². The lowest BCUT2D eigenvalue weighted by Gasteiger charge is -2.30. The van der Waals surface area contributed by atoms with Crippen molar-refractivity contribution in [1.29, 1.82) is 0 Å². The zero-order valence-corrected chi connectivity index (χ0v) is 15.6. The Bertz CT molecular complexity index is 648. The topological polar surface area (TPSA) is 17.8 Å². The standard InChI is InChI=1S/C17H20Br2N2/c1-3-14-17(19)15(21(2)20-14)10-12-9-8-11-6-4-5-7-13(11)16(12)18/h4-7,12,16H,3,8-10H2,1-2H3. The lowest BCUT2D eigenvalue weighted by Crippen LogP contribution is -2.20. The van der Waals surface area contributed by atoms with Crippen molar-refractivity contribution < 1.29 is 0 Å². The summed E-state index contributed by atoms with van der Waals surface area (Å²) in [5, 5.41) is 4.62. The van der Waals surface area contributed by atoms with Crippen molar-refractivity contribution >= 4 is 31.9 Å². The Kier molecular flexibility index (Phi) is 4.55. The molecule has 0 aliphatic heterocycles. The number of aromatic nitrogens is 2. The van der Waals surface area contributed by atoms with Gasteiger partial charge in [-0.15, -0.1) is 0 Å². The lowest BCUT2D eigenvalue weighted by molar-refractivity contribution is 0.439. The summed E-state index contributed by atoms with van der Waals surface area (Å²) in [5.41, 5.74) is 5.44. The quantitative estimate of drug-likeness (QED) is 0.650. The molecular weight excluding hydrogens is 392 g/mol. The summed E-state index contributed by atoms with van der Waals surface area (Å²) in [6.07, 6.45) is 4.44. The molecule has 1 heterocycles. The van der Waals surface area contributed by atoms with Crippen molar-refractivity contribution in [3.63, 3.8) is 0 Å². The molecule has 2 unspecified atom stereocenters. The van der Waals surface area contributed by atoms with Crippen molar-refractivity contribution in [3.05, 3.63) is 51.3 Å². The van der Waals surface area contributed by atoms with Gasteiger partial charge in [0.25, 0.3) is 0 Å². The molecule has 0 saturated heterocycles. The summed E-state index contributed by atoms with van der Waals surface area (Å²) in [6, 6.07) is 8.81. The summed E-state index contributed by atoms with van der Waals surface area (Å²) in [7, 11) is 2.05. The fourth-order valence-corrected chi connectivity index (χ4v) is 4.94. The number of alkyl halides is 1. The number of benzene rings is 1. The summed E-state index contributed by atoms with van der Waals surface area (Å²) >= 11 is 7.68. The van der Waals surface area contributed by atoms with Gasteiger partial charge in [-0.25, -0.2) is 0 Å². The predicted molar refractivity (Wildman–Crippen MR) is 93.9 cm³/mol. The van der Waals surface area contributed by atoms with Crippen LogP contribution in [0.25, 0.3) is 0 Å². The Labute approximate surface area is 143 Å². The van der Waals surface area contributed by atoms with E-state index in [1.54, 1.807) is 0 Å². The average molecular weight is 412 g/mol. The molecule has 2 atom stereocenters. The van der Waals surface area contributed by atoms with Crippen LogP contribution in [0, 0.1) is 5.92 Å². The molecule has 2 aromatic rings. The summed E-state index contributed by atoms with van der Waals surface area (Å²) < 4.78 is 3.24. The van der Waals surface area contributed by atoms with Gasteiger partial charge in [-0.3, -0.25) is 4.68 Å². The van der Waals surface area contributed by atoms with Gasteiger partial charge in [-0.05, 0) is 58.7 Å². The number of rotatable bonds is 3. The van der Waals surface area contributed by atoms with Gasteiger partial charge in [0.05, 0.1) is 15.9 Å². The maximum atomic E-state index is 4.62. The second kappa shape index (κ2) is 6.25. The highest BCUT2D eigenvalue weighted by Gasteiger charge is 2.29. The van der Waals surface area contributed by atoms with E-state index in [0.29, 0.717) is 10.7 Å². The molecule has 3 rings (SSSR count). The molecule has 21 heavy (non-hydrogen) atoms. The SMILES string of the molecule is CCc1nn(C)c(CC2CCc3ccccc3C2Br)c1Br. The fraction of sp³-hybridized carbons (Fsp3) is 0.471. The van der Waals surface area contributed by atoms with Gasteiger partial charge in [-0.1, -0.05) is 47.1 Å². The molecule has 0 saturated carbocycles. The molecule has 1 aromatic heterocycles. The Morgan fingerprint density at radius 1 is 1.33 bits per heavy atom. The van der Waals surface area contributed by atoms with Gasteiger partial charge >= 0.3 is 0 Å². The van der Waals surface area contributed by atoms with E-state index in [1.165, 1.54) is 34.1 Å². The van der Waals surface area contributed by atoms with Crippen LogP contribution in [0.15, 0.2) is 28.7 Å². The third-order valence-corrected chi connectivity index (χ3v) is 6.67. The second-order valence-corrected chi connectivity index (χ2v) is 7.57. The molecule has 0 bridgehead atoms. The number of aryl methyl sites for hydroxylation is 3. The zero-order valence-electron chi connectivity index (χ0n) is 12.4. The highest BCUT2D eigenvalue weighted by molar-refractivity contribution is 9.10. The van der Waals surface area contributed by atoms with Crippen LogP contribution in [0.5, 0.6) is 0 Å². The van der Waals surface area contributed by atoms with Crippen LogP contribution in [-0.4, -0.2) is 9.78 Å². The molecule has 112 valence electrons. The predicted octanol–water partition coefficient (Wildman–Crippen LogP) is 4.99. The van der Waals surface area contributed by atoms with E-state index in [2.05, 4.69) is 75.2 Å². The Hall–Kier alpha value is -0.610. The van der Waals surface area contributed by atoms with Crippen LogP contribution in [0.3, 0.4) is 0 Å². The average Bonchev–Trinajstić information content (AvgIpc) is 2.77. The van der Waals surface area contributed by atoms with E-state index in [4.69, 9.17) is 0 Å². The van der Waals surface area contributed by atoms with E-state index < -0.39 is 0 Å². The number of fused-ring (bicyclic) bond motifs is 1. The smallest absolute Gasteiger partial charge is 0.0766 e. The minimum Gasteiger partial charge on any atom is -0.271 e. The summed E-state index contributed by atoms with van der Waals surface area (Å²) in [6.45, 7) is 2.15. The van der Waals surface area contributed by atoms with Gasteiger partial charge < -0.3 is 0 Å². The molecule has 0 amide bonds. The molecule has 0 spiro atoms. The molecule has 0 fully saturated rings. The first-order valence-electron chi connectivity index (χ1n) is 7.54. The van der Waals surface area contributed by atoms with Gasteiger partial charge in [-0.2, -0.15) is 5.10 Å². The van der Waals surface area contributed by atoms with E-state index >= 15 is 0 Å². The first-order chi connectivity index (χ1) is 10.1. The highest BCUT2D eigenvalue weighted by Crippen LogP contribution is 2.42. The minimum absolute atomic E-state index is 0.439. The van der Waals surface area contributed by atoms with Gasteiger partial charge in [0, 0.05) is 11.9 Å². The van der Waals surface area contributed by atoms with Crippen LogP contribution < -0.4 is 0 Å². The summed E-state index contributed by atoms with van der Waals surface area (Å²) in [5.74, 6) is 0.622. The largest absolute Gasteiger partial charge is 0.271 e. The van der Waals surface area contributed by atoms with Crippen molar-refractivity contribution in [2.75, 3.05) is 0 Å². The Morgan fingerprint density at radius 3 is 2.81 bits per heavy atom. The number of nitrogens with zero attached hydrogens (tertiary/aromatic N) is 2. The van der Waals surface area contributed by atoms with E-state index in [-0.39, 0.29) is 0 Å². The van der Waals surface area contributed by atoms with Crippen LogP contribution in [0.2, 0.25) is 0 Å². The Morgan fingerprint density at radius 2 is 2.10 bits per heavy atom. The molecule has 1 aromatic carbocycles. The van der Waals surface area contributed by atoms with Gasteiger partial charge in [0.15, 0.2) is 0 Å². The fourth-order valence-electron chi connectivity index (χ4n) is 3.27. The van der Waals surface area contributed by atoms with Crippen LogP contribution in [-0.2, 0) is 26.3 Å². The lowest BCUT2D eigenvalue weighted by atomic mass is 9.81. The monoisotopic (exact) mass is 410 g/mol. The van der Waals surface area contributed by atoms with E-state index in [9.17, 15) is 0 Å². The van der Waals surface area contributed by atoms with Gasteiger partial charge in [0.1, 0.15) is 0 Å². The third kappa shape index (κ3) is 2.85. The normalized spacial score (nSPS) is 21.3. The molecular formula is C17H20Br2N2. The number of hydrogen-bond acceptors (Lipinski definition) is 1. The zero-order chi connectivity index (χ0) is 15.0. The summed E-state index contributed by atoms with van der Waals surface area (Å²) in [4.78, 5) is 0.439. The number of halogens is 2. The van der Waals surface area contributed by atoms with E-state index in [0.717, 1.165) is 18.5 Å². The Balaban J connectivity index is 1.85. The molecule has 2 nitrogen and oxygen atoms in total. The first kappa shape index (κ1) is 15.3. The molecule has 0 radical (unpaired) electrons. The molecule has 1 aliphatic rings. The maximum Gasteiger partial charge on any atom is 0.0766 e. The van der Waals surface area contributed by atoms with E-state index in [1.807, 2.05) is 4.68 Å². The third-order valence-electron chi connectivity index (χ3n) is 4.51. The van der Waals surface area contributed by atoms with Crippen LogP contribution >= 0.6 is 31.9 Å². The van der Waals surface area contributed by atoms with Crippen molar-refractivity contribution in [2.24, 2.45) is 13.0 Å². The number of hydrogen-bond donors (Lipinski definition) is 0. The molecule has 4 heteroatoms. The highest BCUT2D eigenvalue weighted by atomic mass is 79.9. The van der Waals surface area contributed by atoms with Crippen LogP contribution in [0.4, 0.5) is 0 Å². The van der Waals surface area contributed by atoms with Crippen molar-refractivity contribution in [1.82, 2.24) is 9.78 Å². The first-order valence-corrected chi connectivity index (χ1v) is 9.24. The van der Waals surface area contributed by atoms with Crippen LogP contribution in [0.1, 0.15) is 40.7 Å². The second-order valence-electron chi connectivity index (χ2n) is 5.79. The van der Waals surface area contributed by atoms with Crippen molar-refractivity contribution in [2.45, 2.75) is 37.4 Å². The molecule has 0 N–H and O–H groups in total. The maximum absolute atomic E-state index is 4.62. The van der Waals surface area contributed by atoms with Crippen molar-refractivity contribution in [3.8, 4) is 0 Å².